The summed E-state index contributed by atoms with van der Waals surface area (Å²) in [5.74, 6) is 0.628. The predicted molar refractivity (Wildman–Crippen MR) is 248 cm³/mol. The van der Waals surface area contributed by atoms with Crippen LogP contribution in [0.3, 0.4) is 0 Å². The molecule has 0 aromatic heterocycles. The van der Waals surface area contributed by atoms with Crippen molar-refractivity contribution < 1.29 is 61.2 Å². The molecule has 1 aromatic rings. The summed E-state index contributed by atoms with van der Waals surface area (Å²) in [5, 5.41) is 0. The normalized spacial score (nSPS) is 29.4. The fraction of sp³-hybridized carbons (Fsp3) is 0.875. The molecule has 16 nitrogen and oxygen atoms in total. The summed E-state index contributed by atoms with van der Waals surface area (Å²) in [5.41, 5.74) is -1.70. The lowest BCUT2D eigenvalue weighted by molar-refractivity contribution is -0.188. The van der Waals surface area contributed by atoms with Crippen molar-refractivity contribution in [2.24, 2.45) is 0 Å². The monoisotopic (exact) mass is 931 g/mol. The summed E-state index contributed by atoms with van der Waals surface area (Å²) >= 11 is 0. The van der Waals surface area contributed by atoms with Crippen LogP contribution in [0.5, 0.6) is 11.5 Å². The van der Waals surface area contributed by atoms with E-state index in [0.717, 1.165) is 65.4 Å². The van der Waals surface area contributed by atoms with Crippen molar-refractivity contribution in [3.8, 4) is 11.5 Å². The molecule has 378 valence electrons. The molecule has 0 amide bonds. The third-order valence-corrected chi connectivity index (χ3v) is 13.0. The zero-order valence-electron chi connectivity index (χ0n) is 41.5. The summed E-state index contributed by atoms with van der Waals surface area (Å²) in [6.07, 6.45) is 0. The van der Waals surface area contributed by atoms with Crippen LogP contribution >= 0.6 is 0 Å². The van der Waals surface area contributed by atoms with E-state index in [2.05, 4.69) is 75.0 Å². The Hall–Kier alpha value is -1.81. The summed E-state index contributed by atoms with van der Waals surface area (Å²) in [6.45, 7) is 36.8. The van der Waals surface area contributed by atoms with Crippen LogP contribution in [0.4, 0.5) is 4.39 Å². The van der Waals surface area contributed by atoms with Crippen molar-refractivity contribution >= 4 is 0 Å². The molecule has 0 saturated carbocycles. The molecule has 0 spiro atoms. The second-order valence-corrected chi connectivity index (χ2v) is 18.8. The summed E-state index contributed by atoms with van der Waals surface area (Å²) in [4.78, 5) is 9.14. The quantitative estimate of drug-likeness (QED) is 0.371. The Labute approximate surface area is 390 Å². The summed E-state index contributed by atoms with van der Waals surface area (Å²) in [6, 6.07) is 4.39. The fourth-order valence-electron chi connectivity index (χ4n) is 7.17. The van der Waals surface area contributed by atoms with Crippen molar-refractivity contribution in [1.29, 1.82) is 0 Å². The van der Waals surface area contributed by atoms with Gasteiger partial charge in [-0.2, -0.15) is 0 Å². The Kier molecular flexibility index (Phi) is 25.7. The first-order valence-electron chi connectivity index (χ1n) is 24.1. The molecule has 4 saturated heterocycles. The molecule has 17 heteroatoms. The van der Waals surface area contributed by atoms with Crippen LogP contribution in [0.2, 0.25) is 0 Å². The largest absolute Gasteiger partial charge is 0.488 e. The molecule has 6 aliphatic rings. The number of rotatable bonds is 0. The molecule has 6 heterocycles. The first kappa shape index (κ1) is 55.8. The van der Waals surface area contributed by atoms with Crippen LogP contribution < -0.4 is 9.47 Å². The van der Waals surface area contributed by atoms with Gasteiger partial charge < -0.3 is 56.8 Å². The Morgan fingerprint density at radius 2 is 0.569 bits per heavy atom. The number of nitrogens with zero attached hydrogens (tertiary/aromatic N) is 4. The lowest BCUT2D eigenvalue weighted by atomic mass is 9.89. The molecule has 0 radical (unpaired) electrons. The van der Waals surface area contributed by atoms with Crippen LogP contribution in [0.25, 0.3) is 0 Å². The molecule has 1 aromatic carbocycles. The molecule has 4 fully saturated rings. The minimum Gasteiger partial charge on any atom is -0.488 e. The number of hydrogen-bond donors (Lipinski definition) is 0. The van der Waals surface area contributed by atoms with Gasteiger partial charge >= 0.3 is 0 Å². The van der Waals surface area contributed by atoms with E-state index >= 15 is 0 Å². The number of hydrogen-bond acceptors (Lipinski definition) is 16. The highest BCUT2D eigenvalue weighted by atomic mass is 19.1. The molecule has 4 bridgehead atoms. The van der Waals surface area contributed by atoms with Gasteiger partial charge in [0.2, 0.25) is 0 Å². The average molecular weight is 931 g/mol. The van der Waals surface area contributed by atoms with Crippen molar-refractivity contribution in [3.05, 3.63) is 24.0 Å². The van der Waals surface area contributed by atoms with Gasteiger partial charge in [-0.1, -0.05) is 0 Å². The van der Waals surface area contributed by atoms with Crippen molar-refractivity contribution in [1.82, 2.24) is 19.6 Å². The second-order valence-electron chi connectivity index (χ2n) is 18.8. The van der Waals surface area contributed by atoms with E-state index in [1.807, 2.05) is 0 Å². The summed E-state index contributed by atoms with van der Waals surface area (Å²) < 4.78 is 85.8. The van der Waals surface area contributed by atoms with E-state index in [-0.39, 0.29) is 5.82 Å². The van der Waals surface area contributed by atoms with Crippen LogP contribution in [0.1, 0.15) is 55.4 Å². The van der Waals surface area contributed by atoms with Crippen LogP contribution in [-0.2, 0) is 47.4 Å². The zero-order valence-corrected chi connectivity index (χ0v) is 41.5. The predicted octanol–water partition coefficient (Wildman–Crippen LogP) is 4.11. The molecule has 0 N–H and O–H groups in total. The number of fused-ring (bicyclic) bond motifs is 39. The Morgan fingerprint density at radius 1 is 0.323 bits per heavy atom. The van der Waals surface area contributed by atoms with Crippen molar-refractivity contribution in [2.45, 2.75) is 77.8 Å². The second kappa shape index (κ2) is 29.9. The van der Waals surface area contributed by atoms with Crippen LogP contribution in [0, 0.1) is 5.82 Å². The molecule has 0 atom stereocenters. The first-order chi connectivity index (χ1) is 31.2. The maximum Gasteiger partial charge on any atom is 0.164 e. The highest BCUT2D eigenvalue weighted by Crippen LogP contribution is 2.31. The van der Waals surface area contributed by atoms with Gasteiger partial charge in [0, 0.05) is 84.6 Å². The van der Waals surface area contributed by atoms with Gasteiger partial charge in [-0.25, -0.2) is 4.39 Å². The Balaban J connectivity index is 0.000000286. The molecule has 7 rings (SSSR count). The van der Waals surface area contributed by atoms with E-state index in [1.54, 1.807) is 6.07 Å². The van der Waals surface area contributed by atoms with Gasteiger partial charge in [-0.3, -0.25) is 19.6 Å². The summed E-state index contributed by atoms with van der Waals surface area (Å²) in [7, 11) is 0. The SMILES string of the molecule is CC1(C)OCCN2CCOCCOCCN(CCOC1(C)C)CCOC(C)(C)C(C)(C)OCC2.Fc1ccc2c(c1)OCCN1CCOCCOCCN(CCOCCOCC1)CCO2. The van der Waals surface area contributed by atoms with E-state index < -0.39 is 22.4 Å². The van der Waals surface area contributed by atoms with Crippen LogP contribution in [0.15, 0.2) is 18.2 Å². The molecule has 0 aliphatic carbocycles. The van der Waals surface area contributed by atoms with E-state index in [1.165, 1.54) is 12.1 Å². The van der Waals surface area contributed by atoms with E-state index in [4.69, 9.17) is 56.8 Å². The van der Waals surface area contributed by atoms with Gasteiger partial charge in [0.05, 0.1) is 128 Å². The van der Waals surface area contributed by atoms with E-state index in [0.29, 0.717) is 144 Å². The molecule has 6 aliphatic heterocycles. The number of benzene rings is 1. The topological polar surface area (TPSA) is 124 Å². The zero-order chi connectivity index (χ0) is 46.9. The van der Waals surface area contributed by atoms with E-state index in [9.17, 15) is 4.39 Å². The van der Waals surface area contributed by atoms with Gasteiger partial charge in [-0.15, -0.1) is 0 Å². The Morgan fingerprint density at radius 3 is 0.862 bits per heavy atom. The van der Waals surface area contributed by atoms with Gasteiger partial charge in [0.1, 0.15) is 19.0 Å². The minimum atomic E-state index is -0.425. The smallest absolute Gasteiger partial charge is 0.164 e. The highest BCUT2D eigenvalue weighted by Gasteiger charge is 2.41. The third kappa shape index (κ3) is 21.6. The number of ether oxygens (including phenoxy) is 12. The first-order valence-corrected chi connectivity index (χ1v) is 24.1. The Bertz CT molecular complexity index is 1300. The lowest BCUT2D eigenvalue weighted by Gasteiger charge is -2.43. The maximum atomic E-state index is 13.8. The molecule has 0 unspecified atom stereocenters. The highest BCUT2D eigenvalue weighted by molar-refractivity contribution is 5.40. The molecular formula is C48H87FN4O12. The van der Waals surface area contributed by atoms with Gasteiger partial charge in [-0.05, 0) is 67.5 Å². The lowest BCUT2D eigenvalue weighted by Crippen LogP contribution is -2.52. The number of halogens is 1. The molecule has 65 heavy (non-hydrogen) atoms. The minimum absolute atomic E-state index is 0.346. The van der Waals surface area contributed by atoms with Crippen molar-refractivity contribution in [3.63, 3.8) is 0 Å². The standard InChI is InChI=1S/C26H52N2O6.C22H35FN2O6/c1-23(2)24(3,4)32-18-12-28-10-16-30-22-21-29-15-9-27(11-17-31-23)13-19-33-25(5,6)26(7,8)34-20-14-28;23-20-1-2-21-22(19-20)31-14-8-25-5-11-28-17-15-26-9-3-24(7-13-30-21)4-10-27-16-18-29-12-6-25/h9-22H2,1-8H3;1-2,19H,3-18H2. The van der Waals surface area contributed by atoms with Gasteiger partial charge in [0.25, 0.3) is 0 Å². The molecular weight excluding hydrogens is 844 g/mol. The van der Waals surface area contributed by atoms with Crippen molar-refractivity contribution in [2.75, 3.05) is 197 Å². The van der Waals surface area contributed by atoms with Gasteiger partial charge in [0.15, 0.2) is 11.5 Å². The van der Waals surface area contributed by atoms with Crippen LogP contribution in [-0.4, -0.2) is 239 Å². The third-order valence-electron chi connectivity index (χ3n) is 13.0. The fourth-order valence-corrected chi connectivity index (χ4v) is 7.17. The maximum absolute atomic E-state index is 13.8. The average Bonchev–Trinajstić information content (AvgIpc) is 3.24.